The minimum Gasteiger partial charge on any atom is -1.00 e. The molecule has 0 nitrogen and oxygen atoms in total. The molecular formula is C8H18ClMg-. The largest absolute Gasteiger partial charge is 2.00 e. The average molecular weight is 174 g/mol. The molecule has 0 radical (unpaired) electrons. The molecule has 0 saturated heterocycles. The first-order chi connectivity index (χ1) is 3.83. The second kappa shape index (κ2) is 32.3. The zero-order valence-electron chi connectivity index (χ0n) is 7.33. The van der Waals surface area contributed by atoms with E-state index in [9.17, 15) is 0 Å². The Hall–Kier alpha value is 1.06. The molecule has 0 rings (SSSR count). The normalized spacial score (nSPS) is 6.00. The molecular weight excluding hydrogens is 156 g/mol. The van der Waals surface area contributed by atoms with E-state index in [0.717, 1.165) is 12.8 Å². The third-order valence-electron chi connectivity index (χ3n) is 0.707. The molecule has 0 heterocycles. The fraction of sp³-hybridized carbons (Fsp3) is 0.750. The van der Waals surface area contributed by atoms with Gasteiger partial charge in [-0.15, -0.1) is 0 Å². The molecule has 0 atom stereocenters. The molecule has 0 spiro atoms. The maximum absolute atomic E-state index is 3.60. The van der Waals surface area contributed by atoms with Gasteiger partial charge in [0.2, 0.25) is 0 Å². The fourth-order valence-electron chi connectivity index (χ4n) is 0. The predicted molar refractivity (Wildman–Crippen MR) is 46.3 cm³/mol. The standard InChI is InChI=1S/2C4H9.ClH.Mg/c2*1-3-4-2;;/h2*1,3-4H2,2H3;1H;/q2*-1;;+2/p-1. The first-order valence-corrected chi connectivity index (χ1v) is 3.41. The van der Waals surface area contributed by atoms with E-state index in [-0.39, 0.29) is 35.5 Å². The molecule has 2 heteroatoms. The molecule has 0 aromatic carbocycles. The number of hydrogen-bond acceptors (Lipinski definition) is 0. The van der Waals surface area contributed by atoms with E-state index >= 15 is 0 Å². The summed E-state index contributed by atoms with van der Waals surface area (Å²) in [6, 6.07) is 0. The molecule has 0 aliphatic carbocycles. The zero-order valence-corrected chi connectivity index (χ0v) is 9.50. The number of unbranched alkanes of at least 4 members (excludes halogenated alkanes) is 2. The van der Waals surface area contributed by atoms with Gasteiger partial charge in [-0.3, -0.25) is 0 Å². The first-order valence-electron chi connectivity index (χ1n) is 3.41. The molecule has 0 fully saturated rings. The summed E-state index contributed by atoms with van der Waals surface area (Å²) in [5, 5.41) is 0. The number of halogens is 1. The molecule has 0 aromatic heterocycles. The van der Waals surface area contributed by atoms with Crippen LogP contribution in [0.15, 0.2) is 0 Å². The smallest absolute Gasteiger partial charge is 1.00 e. The Bertz CT molecular complexity index is 17.2. The topological polar surface area (TPSA) is 0 Å². The third-order valence-corrected chi connectivity index (χ3v) is 0.707. The molecule has 0 aromatic rings. The monoisotopic (exact) mass is 173 g/mol. The van der Waals surface area contributed by atoms with Crippen molar-refractivity contribution in [2.45, 2.75) is 39.5 Å². The van der Waals surface area contributed by atoms with Crippen LogP contribution in [0.25, 0.3) is 0 Å². The van der Waals surface area contributed by atoms with E-state index in [1.54, 1.807) is 0 Å². The van der Waals surface area contributed by atoms with Crippen LogP contribution in [0.2, 0.25) is 0 Å². The second-order valence-corrected chi connectivity index (χ2v) is 1.71. The summed E-state index contributed by atoms with van der Waals surface area (Å²) in [6.45, 7) is 11.4. The molecule has 0 amide bonds. The van der Waals surface area contributed by atoms with E-state index in [1.807, 2.05) is 0 Å². The molecule has 60 valence electrons. The summed E-state index contributed by atoms with van der Waals surface area (Å²) in [7, 11) is 0. The van der Waals surface area contributed by atoms with Crippen molar-refractivity contribution in [2.24, 2.45) is 0 Å². The zero-order chi connectivity index (χ0) is 6.83. The van der Waals surface area contributed by atoms with Crippen LogP contribution in [0.5, 0.6) is 0 Å². The van der Waals surface area contributed by atoms with Crippen molar-refractivity contribution >= 4 is 23.1 Å². The minimum absolute atomic E-state index is 0. The van der Waals surface area contributed by atoms with Crippen LogP contribution >= 0.6 is 0 Å². The van der Waals surface area contributed by atoms with Crippen molar-refractivity contribution in [3.05, 3.63) is 13.8 Å². The number of rotatable bonds is 2. The van der Waals surface area contributed by atoms with Crippen LogP contribution in [-0.2, 0) is 0 Å². The van der Waals surface area contributed by atoms with Gasteiger partial charge in [0, 0.05) is 0 Å². The van der Waals surface area contributed by atoms with Crippen LogP contribution in [0.3, 0.4) is 0 Å². The van der Waals surface area contributed by atoms with Gasteiger partial charge in [-0.05, 0) is 0 Å². The van der Waals surface area contributed by atoms with Gasteiger partial charge >= 0.3 is 23.1 Å². The fourth-order valence-corrected chi connectivity index (χ4v) is 0. The van der Waals surface area contributed by atoms with E-state index in [1.165, 1.54) is 12.8 Å². The SMILES string of the molecule is [CH2-]CCC.[CH2-]CCC.[Cl-].[Mg+2]. The van der Waals surface area contributed by atoms with E-state index in [2.05, 4.69) is 27.7 Å². The molecule has 0 N–H and O–H groups in total. The molecule has 0 unspecified atom stereocenters. The summed E-state index contributed by atoms with van der Waals surface area (Å²) in [4.78, 5) is 0. The maximum atomic E-state index is 3.60. The Balaban J connectivity index is -0.0000000300. The van der Waals surface area contributed by atoms with Crippen LogP contribution in [0.1, 0.15) is 39.5 Å². The minimum atomic E-state index is 0. The first kappa shape index (κ1) is 22.5. The summed E-state index contributed by atoms with van der Waals surface area (Å²) < 4.78 is 0. The van der Waals surface area contributed by atoms with Crippen LogP contribution in [0.4, 0.5) is 0 Å². The van der Waals surface area contributed by atoms with Crippen molar-refractivity contribution < 1.29 is 12.4 Å². The summed E-state index contributed by atoms with van der Waals surface area (Å²) in [6.07, 6.45) is 4.56. The van der Waals surface area contributed by atoms with Crippen molar-refractivity contribution in [3.63, 3.8) is 0 Å². The van der Waals surface area contributed by atoms with Gasteiger partial charge in [-0.1, -0.05) is 26.7 Å². The van der Waals surface area contributed by atoms with E-state index in [4.69, 9.17) is 0 Å². The molecule has 0 aliphatic rings. The summed E-state index contributed by atoms with van der Waals surface area (Å²) in [5.41, 5.74) is 0. The van der Waals surface area contributed by atoms with E-state index in [0.29, 0.717) is 0 Å². The van der Waals surface area contributed by atoms with Gasteiger partial charge in [0.25, 0.3) is 0 Å². The second-order valence-electron chi connectivity index (χ2n) is 1.71. The molecule has 0 saturated carbocycles. The van der Waals surface area contributed by atoms with Gasteiger partial charge in [0.15, 0.2) is 0 Å². The Morgan fingerprint density at radius 2 is 1.00 bits per heavy atom. The Morgan fingerprint density at radius 1 is 0.900 bits per heavy atom. The van der Waals surface area contributed by atoms with Gasteiger partial charge in [-0.25, -0.2) is 0 Å². The summed E-state index contributed by atoms with van der Waals surface area (Å²) >= 11 is 0. The maximum Gasteiger partial charge on any atom is 2.00 e. The molecule has 10 heavy (non-hydrogen) atoms. The van der Waals surface area contributed by atoms with Gasteiger partial charge < -0.3 is 26.3 Å². The van der Waals surface area contributed by atoms with Crippen molar-refractivity contribution in [2.75, 3.05) is 0 Å². The van der Waals surface area contributed by atoms with Gasteiger partial charge in [-0.2, -0.15) is 12.8 Å². The van der Waals surface area contributed by atoms with Crippen molar-refractivity contribution in [1.82, 2.24) is 0 Å². The molecule has 0 bridgehead atoms. The third kappa shape index (κ3) is 62.9. The van der Waals surface area contributed by atoms with Crippen LogP contribution < -0.4 is 12.4 Å². The Kier molecular flexibility index (Phi) is 72.4. The van der Waals surface area contributed by atoms with Crippen molar-refractivity contribution in [3.8, 4) is 0 Å². The van der Waals surface area contributed by atoms with Crippen LogP contribution in [-0.4, -0.2) is 23.1 Å². The van der Waals surface area contributed by atoms with Crippen molar-refractivity contribution in [1.29, 1.82) is 0 Å². The number of hydrogen-bond donors (Lipinski definition) is 0. The Labute approximate surface area is 88.7 Å². The molecule has 0 aliphatic heterocycles. The van der Waals surface area contributed by atoms with E-state index < -0.39 is 0 Å². The quantitative estimate of drug-likeness (QED) is 0.404. The van der Waals surface area contributed by atoms with Crippen LogP contribution in [0, 0.1) is 13.8 Å². The van der Waals surface area contributed by atoms with Gasteiger partial charge in [0.05, 0.1) is 0 Å². The summed E-state index contributed by atoms with van der Waals surface area (Å²) in [5.74, 6) is 0. The predicted octanol–water partition coefficient (Wildman–Crippen LogP) is -0.136. The Morgan fingerprint density at radius 3 is 1.00 bits per heavy atom. The average Bonchev–Trinajstić information content (AvgIpc) is 1.88. The van der Waals surface area contributed by atoms with Gasteiger partial charge in [0.1, 0.15) is 0 Å².